The molecule has 1 amide bonds. The molecule has 0 aromatic carbocycles. The van der Waals surface area contributed by atoms with E-state index in [0.717, 1.165) is 19.3 Å². The van der Waals surface area contributed by atoms with E-state index in [2.05, 4.69) is 10.3 Å². The van der Waals surface area contributed by atoms with Crippen LogP contribution in [0.2, 0.25) is 0 Å². The lowest BCUT2D eigenvalue weighted by Gasteiger charge is -2.31. The molecule has 1 heterocycles. The van der Waals surface area contributed by atoms with Crippen molar-refractivity contribution in [1.82, 2.24) is 10.3 Å². The quantitative estimate of drug-likeness (QED) is 0.852. The van der Waals surface area contributed by atoms with E-state index in [0.29, 0.717) is 23.7 Å². The molecule has 1 aliphatic carbocycles. The Labute approximate surface area is 112 Å². The van der Waals surface area contributed by atoms with Crippen molar-refractivity contribution >= 4 is 5.91 Å². The molecule has 0 saturated heterocycles. The van der Waals surface area contributed by atoms with Crippen LogP contribution in [0.4, 0.5) is 0 Å². The number of hydrogen-bond acceptors (Lipinski definition) is 4. The number of carbonyl (C=O) groups excluding carboxylic acids is 1. The van der Waals surface area contributed by atoms with Crippen LogP contribution in [-0.2, 0) is 0 Å². The highest BCUT2D eigenvalue weighted by Crippen LogP contribution is 2.23. The predicted molar refractivity (Wildman–Crippen MR) is 71.2 cm³/mol. The number of nitrogens with zero attached hydrogens (tertiary/aromatic N) is 2. The Bertz CT molecular complexity index is 477. The smallest absolute Gasteiger partial charge is 0.270 e. The zero-order chi connectivity index (χ0) is 13.7. The Morgan fingerprint density at radius 1 is 1.47 bits per heavy atom. The molecule has 1 fully saturated rings. The number of amides is 1. The van der Waals surface area contributed by atoms with Crippen molar-refractivity contribution in [3.8, 4) is 6.07 Å². The first-order chi connectivity index (χ1) is 9.24. The average molecular weight is 258 g/mol. The summed E-state index contributed by atoms with van der Waals surface area (Å²) in [7, 11) is 0. The molecule has 2 atom stereocenters. The van der Waals surface area contributed by atoms with Gasteiger partial charge in [0.2, 0.25) is 0 Å². The van der Waals surface area contributed by atoms with Gasteiger partial charge in [-0.05, 0) is 37.4 Å². The molecule has 0 aliphatic heterocycles. The molecular weight excluding hydrogens is 240 g/mol. The van der Waals surface area contributed by atoms with E-state index < -0.39 is 0 Å². The fourth-order valence-electron chi connectivity index (χ4n) is 2.52. The summed E-state index contributed by atoms with van der Waals surface area (Å²) in [5, 5.41) is 11.7. The normalized spacial score (nSPS) is 22.5. The molecule has 5 heteroatoms. The highest BCUT2D eigenvalue weighted by molar-refractivity contribution is 5.92. The highest BCUT2D eigenvalue weighted by Gasteiger charge is 2.25. The van der Waals surface area contributed by atoms with Crippen LogP contribution in [0, 0.1) is 17.2 Å². The number of nitrogens with one attached hydrogen (secondary N) is 1. The van der Waals surface area contributed by atoms with E-state index in [1.165, 1.54) is 12.6 Å². The molecule has 100 valence electrons. The summed E-state index contributed by atoms with van der Waals surface area (Å²) in [6.07, 6.45) is 5.77. The van der Waals surface area contributed by atoms with Crippen molar-refractivity contribution in [2.75, 3.05) is 6.54 Å². The first kappa shape index (κ1) is 13.5. The molecule has 0 bridgehead atoms. The van der Waals surface area contributed by atoms with Crippen LogP contribution in [0.1, 0.15) is 41.7 Å². The Balaban J connectivity index is 2.01. The van der Waals surface area contributed by atoms with Gasteiger partial charge in [-0.15, -0.1) is 0 Å². The molecule has 0 radical (unpaired) electrons. The lowest BCUT2D eigenvalue weighted by molar-refractivity contribution is 0.0903. The fraction of sp³-hybridized carbons (Fsp3) is 0.500. The Hall–Kier alpha value is -1.93. The number of aromatic nitrogens is 1. The van der Waals surface area contributed by atoms with Crippen LogP contribution in [0.5, 0.6) is 0 Å². The molecule has 1 aromatic rings. The summed E-state index contributed by atoms with van der Waals surface area (Å²) >= 11 is 0. The summed E-state index contributed by atoms with van der Waals surface area (Å²) < 4.78 is 0. The van der Waals surface area contributed by atoms with Crippen LogP contribution in [0.15, 0.2) is 18.3 Å². The second kappa shape index (κ2) is 6.30. The third-order valence-electron chi connectivity index (χ3n) is 3.65. The summed E-state index contributed by atoms with van der Waals surface area (Å²) in [5.41, 5.74) is 6.54. The second-order valence-electron chi connectivity index (χ2n) is 4.90. The summed E-state index contributed by atoms with van der Waals surface area (Å²) in [5.74, 6) is 0.172. The van der Waals surface area contributed by atoms with Crippen molar-refractivity contribution in [3.63, 3.8) is 0 Å². The summed E-state index contributed by atoms with van der Waals surface area (Å²) in [4.78, 5) is 16.1. The number of nitriles is 1. The zero-order valence-electron chi connectivity index (χ0n) is 10.8. The molecule has 2 rings (SSSR count). The first-order valence-corrected chi connectivity index (χ1v) is 6.61. The number of carbonyl (C=O) groups is 1. The van der Waals surface area contributed by atoms with Crippen LogP contribution < -0.4 is 11.1 Å². The minimum Gasteiger partial charge on any atom is -0.348 e. The number of rotatable bonds is 3. The monoisotopic (exact) mass is 258 g/mol. The number of hydrogen-bond donors (Lipinski definition) is 2. The van der Waals surface area contributed by atoms with Crippen molar-refractivity contribution < 1.29 is 4.79 Å². The fourth-order valence-corrected chi connectivity index (χ4v) is 2.52. The largest absolute Gasteiger partial charge is 0.348 e. The number of nitrogens with two attached hydrogens (primary N) is 1. The van der Waals surface area contributed by atoms with Crippen LogP contribution in [0.25, 0.3) is 0 Å². The highest BCUT2D eigenvalue weighted by atomic mass is 16.1. The van der Waals surface area contributed by atoms with E-state index in [1.54, 1.807) is 12.1 Å². The van der Waals surface area contributed by atoms with Crippen molar-refractivity contribution in [2.45, 2.75) is 31.7 Å². The van der Waals surface area contributed by atoms with Crippen LogP contribution in [-0.4, -0.2) is 23.5 Å². The average Bonchev–Trinajstić information content (AvgIpc) is 2.48. The van der Waals surface area contributed by atoms with E-state index in [9.17, 15) is 4.79 Å². The predicted octanol–water partition coefficient (Wildman–Crippen LogP) is 1.20. The summed E-state index contributed by atoms with van der Waals surface area (Å²) in [6, 6.07) is 5.30. The maximum Gasteiger partial charge on any atom is 0.270 e. The molecule has 5 nitrogen and oxygen atoms in total. The Kier molecular flexibility index (Phi) is 4.48. The standard InChI is InChI=1S/C14H18N4O/c15-7-10-5-6-13(17-9-10)14(19)18-12-4-2-1-3-11(12)8-16/h5-6,9,11-12H,1-4,8,16H2,(H,18,19). The molecule has 3 N–H and O–H groups in total. The van der Waals surface area contributed by atoms with Gasteiger partial charge in [-0.1, -0.05) is 12.8 Å². The Morgan fingerprint density at radius 2 is 2.26 bits per heavy atom. The molecular formula is C14H18N4O. The van der Waals surface area contributed by atoms with Gasteiger partial charge in [0.1, 0.15) is 11.8 Å². The van der Waals surface area contributed by atoms with Gasteiger partial charge in [0.25, 0.3) is 5.91 Å². The van der Waals surface area contributed by atoms with E-state index >= 15 is 0 Å². The van der Waals surface area contributed by atoms with E-state index in [1.807, 2.05) is 6.07 Å². The Morgan fingerprint density at radius 3 is 2.89 bits per heavy atom. The lowest BCUT2D eigenvalue weighted by atomic mass is 9.84. The van der Waals surface area contributed by atoms with Gasteiger partial charge in [0.05, 0.1) is 5.56 Å². The van der Waals surface area contributed by atoms with Crippen molar-refractivity contribution in [3.05, 3.63) is 29.6 Å². The minimum absolute atomic E-state index is 0.142. The van der Waals surface area contributed by atoms with Gasteiger partial charge < -0.3 is 11.1 Å². The van der Waals surface area contributed by atoms with Crippen LogP contribution >= 0.6 is 0 Å². The third kappa shape index (κ3) is 3.30. The maximum atomic E-state index is 12.1. The van der Waals surface area contributed by atoms with Gasteiger partial charge in [-0.3, -0.25) is 4.79 Å². The van der Waals surface area contributed by atoms with Gasteiger partial charge >= 0.3 is 0 Å². The van der Waals surface area contributed by atoms with E-state index in [4.69, 9.17) is 11.0 Å². The lowest BCUT2D eigenvalue weighted by Crippen LogP contribution is -2.44. The number of pyridine rings is 1. The SMILES string of the molecule is N#Cc1ccc(C(=O)NC2CCCCC2CN)nc1. The molecule has 2 unspecified atom stereocenters. The molecule has 1 saturated carbocycles. The van der Waals surface area contributed by atoms with Crippen molar-refractivity contribution in [1.29, 1.82) is 5.26 Å². The van der Waals surface area contributed by atoms with Crippen molar-refractivity contribution in [2.24, 2.45) is 11.7 Å². The van der Waals surface area contributed by atoms with Crippen LogP contribution in [0.3, 0.4) is 0 Å². The molecule has 0 spiro atoms. The molecule has 1 aromatic heterocycles. The third-order valence-corrected chi connectivity index (χ3v) is 3.65. The van der Waals surface area contributed by atoms with Gasteiger partial charge in [0.15, 0.2) is 0 Å². The van der Waals surface area contributed by atoms with Gasteiger partial charge in [0, 0.05) is 12.2 Å². The van der Waals surface area contributed by atoms with Gasteiger partial charge in [-0.25, -0.2) is 4.98 Å². The molecule has 19 heavy (non-hydrogen) atoms. The van der Waals surface area contributed by atoms with Gasteiger partial charge in [-0.2, -0.15) is 5.26 Å². The van der Waals surface area contributed by atoms with E-state index in [-0.39, 0.29) is 11.9 Å². The topological polar surface area (TPSA) is 91.8 Å². The maximum absolute atomic E-state index is 12.1. The zero-order valence-corrected chi connectivity index (χ0v) is 10.8. The minimum atomic E-state index is -0.185. The molecule has 1 aliphatic rings. The second-order valence-corrected chi connectivity index (χ2v) is 4.90. The summed E-state index contributed by atoms with van der Waals surface area (Å²) in [6.45, 7) is 0.603. The first-order valence-electron chi connectivity index (χ1n) is 6.61.